The molecule has 1 unspecified atom stereocenters. The van der Waals surface area contributed by atoms with Crippen LogP contribution in [-0.2, 0) is 29.5 Å². The van der Waals surface area contributed by atoms with Gasteiger partial charge in [-0.3, -0.25) is 14.6 Å². The van der Waals surface area contributed by atoms with Crippen molar-refractivity contribution in [3.8, 4) is 5.75 Å². The molecule has 182 valence electrons. The van der Waals surface area contributed by atoms with Crippen LogP contribution in [0.3, 0.4) is 0 Å². The zero-order chi connectivity index (χ0) is 25.2. The van der Waals surface area contributed by atoms with E-state index in [2.05, 4.69) is 10.3 Å². The summed E-state index contributed by atoms with van der Waals surface area (Å²) in [6.45, 7) is 0.241. The fourth-order valence-corrected chi connectivity index (χ4v) is 5.01. The van der Waals surface area contributed by atoms with Crippen molar-refractivity contribution in [2.75, 3.05) is 0 Å². The number of carbonyl (C=O) groups is 2. The van der Waals surface area contributed by atoms with Crippen LogP contribution in [0.5, 0.6) is 5.75 Å². The Balaban J connectivity index is 1.42. The number of carbonyl (C=O) groups excluding carboxylic acids is 2. The highest BCUT2D eigenvalue weighted by molar-refractivity contribution is 7.89. The number of nitrogens with two attached hydrogens (primary N) is 2. The number of rotatable bonds is 7. The Morgan fingerprint density at radius 3 is 2.66 bits per heavy atom. The maximum absolute atomic E-state index is 12.8. The van der Waals surface area contributed by atoms with Crippen molar-refractivity contribution in [2.45, 2.75) is 36.8 Å². The molecule has 0 fully saturated rings. The highest BCUT2D eigenvalue weighted by Crippen LogP contribution is 2.27. The molecular formula is C24H23ClN4O5S. The van der Waals surface area contributed by atoms with Gasteiger partial charge < -0.3 is 15.8 Å². The van der Waals surface area contributed by atoms with Gasteiger partial charge in [0.05, 0.1) is 5.02 Å². The van der Waals surface area contributed by atoms with E-state index in [1.54, 1.807) is 12.1 Å². The average molecular weight is 515 g/mol. The molecule has 0 saturated carbocycles. The third-order valence-corrected chi connectivity index (χ3v) is 7.12. The molecule has 0 spiro atoms. The lowest BCUT2D eigenvalue weighted by Crippen LogP contribution is -2.38. The highest BCUT2D eigenvalue weighted by Gasteiger charge is 2.23. The van der Waals surface area contributed by atoms with E-state index >= 15 is 0 Å². The molecule has 9 nitrogen and oxygen atoms in total. The van der Waals surface area contributed by atoms with Crippen molar-refractivity contribution < 1.29 is 22.7 Å². The fourth-order valence-electron chi connectivity index (χ4n) is 3.94. The number of benzene rings is 2. The van der Waals surface area contributed by atoms with E-state index in [0.29, 0.717) is 12.2 Å². The lowest BCUT2D eigenvalue weighted by atomic mass is 9.88. The number of amides is 2. The molecular weight excluding hydrogens is 492 g/mol. The molecule has 5 N–H and O–H groups in total. The molecule has 11 heteroatoms. The highest BCUT2D eigenvalue weighted by atomic mass is 35.5. The number of sulfonamides is 1. The molecule has 1 aliphatic carbocycles. The number of hydrogen-bond acceptors (Lipinski definition) is 6. The maximum atomic E-state index is 12.8. The van der Waals surface area contributed by atoms with E-state index in [1.165, 1.54) is 30.0 Å². The van der Waals surface area contributed by atoms with Crippen LogP contribution in [0.15, 0.2) is 59.6 Å². The molecule has 0 aliphatic heterocycles. The summed E-state index contributed by atoms with van der Waals surface area (Å²) in [5, 5.41) is 8.10. The van der Waals surface area contributed by atoms with Crippen LogP contribution in [0.1, 0.15) is 44.0 Å². The standard InChI is InChI=1S/C24H23ClN4O5S/c25-20-6-3-16(12-22(20)35(27,32)33)24(31)29-18-4-1-15-2-5-19(11-17(15)10-18)34-13-14-7-8-28-21(9-14)23(26)30/h2-3,5-9,11-12,18H,1,4,10,13H2,(H2,26,30)(H,29,31)(H2,27,32,33). The summed E-state index contributed by atoms with van der Waals surface area (Å²) in [7, 11) is -4.05. The molecule has 0 bridgehead atoms. The topological polar surface area (TPSA) is 154 Å². The average Bonchev–Trinajstić information content (AvgIpc) is 2.82. The number of nitrogens with zero attached hydrogens (tertiary/aromatic N) is 1. The summed E-state index contributed by atoms with van der Waals surface area (Å²) < 4.78 is 29.3. The Hall–Kier alpha value is -3.47. The first-order valence-corrected chi connectivity index (χ1v) is 12.6. The second-order valence-corrected chi connectivity index (χ2v) is 10.2. The van der Waals surface area contributed by atoms with Gasteiger partial charge in [-0.2, -0.15) is 0 Å². The number of ether oxygens (including phenoxy) is 1. The predicted molar refractivity (Wildman–Crippen MR) is 130 cm³/mol. The smallest absolute Gasteiger partial charge is 0.267 e. The molecule has 2 amide bonds. The molecule has 0 saturated heterocycles. The predicted octanol–water partition coefficient (Wildman–Crippen LogP) is 2.35. The Morgan fingerprint density at radius 2 is 1.91 bits per heavy atom. The minimum Gasteiger partial charge on any atom is -0.489 e. The van der Waals surface area contributed by atoms with Crippen LogP contribution in [0.25, 0.3) is 0 Å². The fraction of sp³-hybridized carbons (Fsp3) is 0.208. The first-order chi connectivity index (χ1) is 16.6. The van der Waals surface area contributed by atoms with Gasteiger partial charge in [0, 0.05) is 17.8 Å². The number of fused-ring (bicyclic) bond motifs is 1. The van der Waals surface area contributed by atoms with Crippen LogP contribution in [0.4, 0.5) is 0 Å². The zero-order valence-electron chi connectivity index (χ0n) is 18.5. The van der Waals surface area contributed by atoms with Crippen molar-refractivity contribution in [2.24, 2.45) is 10.9 Å². The first kappa shape index (κ1) is 24.6. The van der Waals surface area contributed by atoms with Crippen molar-refractivity contribution in [3.63, 3.8) is 0 Å². The number of aromatic nitrogens is 1. The number of hydrogen-bond donors (Lipinski definition) is 3. The van der Waals surface area contributed by atoms with Gasteiger partial charge in [0.1, 0.15) is 22.9 Å². The zero-order valence-corrected chi connectivity index (χ0v) is 20.1. The molecule has 3 aromatic rings. The molecule has 2 aromatic carbocycles. The molecule has 0 radical (unpaired) electrons. The van der Waals surface area contributed by atoms with Gasteiger partial charge in [0.15, 0.2) is 0 Å². The first-order valence-electron chi connectivity index (χ1n) is 10.7. The largest absolute Gasteiger partial charge is 0.489 e. The lowest BCUT2D eigenvalue weighted by molar-refractivity contribution is 0.0932. The second-order valence-electron chi connectivity index (χ2n) is 8.24. The van der Waals surface area contributed by atoms with E-state index < -0.39 is 21.8 Å². The van der Waals surface area contributed by atoms with Gasteiger partial charge in [-0.25, -0.2) is 13.6 Å². The summed E-state index contributed by atoms with van der Waals surface area (Å²) in [4.78, 5) is 27.7. The Bertz CT molecular complexity index is 1410. The van der Waals surface area contributed by atoms with E-state index in [9.17, 15) is 18.0 Å². The summed E-state index contributed by atoms with van der Waals surface area (Å²) >= 11 is 5.91. The van der Waals surface area contributed by atoms with E-state index in [-0.39, 0.29) is 33.8 Å². The van der Waals surface area contributed by atoms with E-state index in [4.69, 9.17) is 27.2 Å². The molecule has 1 aromatic heterocycles. The van der Waals surface area contributed by atoms with Crippen molar-refractivity contribution in [3.05, 3.63) is 87.7 Å². The second kappa shape index (κ2) is 10.0. The van der Waals surface area contributed by atoms with Crippen LogP contribution < -0.4 is 20.9 Å². The molecule has 4 rings (SSSR count). The third-order valence-electron chi connectivity index (χ3n) is 5.72. The summed E-state index contributed by atoms with van der Waals surface area (Å²) in [5.41, 5.74) is 8.59. The van der Waals surface area contributed by atoms with Gasteiger partial charge >= 0.3 is 0 Å². The van der Waals surface area contributed by atoms with Gasteiger partial charge in [0.25, 0.3) is 11.8 Å². The summed E-state index contributed by atoms with van der Waals surface area (Å²) in [6.07, 6.45) is 3.61. The summed E-state index contributed by atoms with van der Waals surface area (Å²) in [6, 6.07) is 13.0. The number of pyridine rings is 1. The van der Waals surface area contributed by atoms with Crippen LogP contribution in [-0.4, -0.2) is 31.3 Å². The van der Waals surface area contributed by atoms with Crippen LogP contribution in [0.2, 0.25) is 5.02 Å². The van der Waals surface area contributed by atoms with Gasteiger partial charge in [-0.1, -0.05) is 17.7 Å². The van der Waals surface area contributed by atoms with Gasteiger partial charge in [0.2, 0.25) is 10.0 Å². The van der Waals surface area contributed by atoms with E-state index in [0.717, 1.165) is 24.0 Å². The number of primary sulfonamides is 1. The Kier molecular flexibility index (Phi) is 7.06. The third kappa shape index (κ3) is 5.97. The van der Waals surface area contributed by atoms with Crippen molar-refractivity contribution in [1.29, 1.82) is 0 Å². The van der Waals surface area contributed by atoms with Crippen molar-refractivity contribution in [1.82, 2.24) is 10.3 Å². The maximum Gasteiger partial charge on any atom is 0.267 e. The summed E-state index contributed by atoms with van der Waals surface area (Å²) in [5.74, 6) is -0.354. The normalized spacial score (nSPS) is 15.2. The minimum absolute atomic E-state index is 0.0409. The van der Waals surface area contributed by atoms with Crippen molar-refractivity contribution >= 4 is 33.4 Å². The molecule has 1 heterocycles. The number of halogens is 1. The Labute approximate surface area is 207 Å². The van der Waals surface area contributed by atoms with Gasteiger partial charge in [-0.05, 0) is 78.4 Å². The SMILES string of the molecule is NC(=O)c1cc(COc2ccc3c(c2)CC(NC(=O)c2ccc(Cl)c(S(N)(=O)=O)c2)CC3)ccn1. The monoisotopic (exact) mass is 514 g/mol. The van der Waals surface area contributed by atoms with Crippen LogP contribution in [0, 0.1) is 0 Å². The number of primary amides is 1. The quantitative estimate of drug-likeness (QED) is 0.439. The van der Waals surface area contributed by atoms with Gasteiger partial charge in [-0.15, -0.1) is 0 Å². The Morgan fingerprint density at radius 1 is 1.11 bits per heavy atom. The molecule has 1 aliphatic rings. The van der Waals surface area contributed by atoms with Crippen LogP contribution >= 0.6 is 11.6 Å². The van der Waals surface area contributed by atoms with E-state index in [1.807, 2.05) is 18.2 Å². The lowest BCUT2D eigenvalue weighted by Gasteiger charge is -2.26. The molecule has 35 heavy (non-hydrogen) atoms. The minimum atomic E-state index is -4.05. The molecule has 1 atom stereocenters. The number of nitrogens with one attached hydrogen (secondary N) is 1. The number of aryl methyl sites for hydroxylation is 1.